The Kier molecular flexibility index (Phi) is 40.0. The summed E-state index contributed by atoms with van der Waals surface area (Å²) >= 11 is 0. The van der Waals surface area contributed by atoms with Gasteiger partial charge in [0.05, 0.1) is 19.8 Å². The Morgan fingerprint density at radius 2 is 0.817 bits per heavy atom. The van der Waals surface area contributed by atoms with Gasteiger partial charge in [-0.2, -0.15) is 0 Å². The maximum absolute atomic E-state index is 13.1. The topological polar surface area (TPSA) is 231 Å². The van der Waals surface area contributed by atoms with Crippen LogP contribution in [-0.4, -0.2) is 142 Å². The highest BCUT2D eigenvalue weighted by Crippen LogP contribution is 2.27. The van der Waals surface area contributed by atoms with Gasteiger partial charge in [-0.15, -0.1) is 0 Å². The Morgan fingerprint density at radius 1 is 0.437 bits per heavy atom. The van der Waals surface area contributed by atoms with Gasteiger partial charge in [0.15, 0.2) is 18.7 Å². The summed E-state index contributed by atoms with van der Waals surface area (Å²) in [6, 6.07) is 0. The Labute approximate surface area is 429 Å². The Balaban J connectivity index is 1.75. The molecule has 71 heavy (non-hydrogen) atoms. The van der Waals surface area contributed by atoms with Crippen LogP contribution in [0.15, 0.2) is 12.2 Å². The zero-order chi connectivity index (χ0) is 51.7. The van der Waals surface area contributed by atoms with Gasteiger partial charge in [-0.25, -0.2) is 0 Å². The predicted octanol–water partition coefficient (Wildman–Crippen LogP) is 9.33. The first kappa shape index (κ1) is 65.4. The number of aliphatic hydroxyl groups is 7. The van der Waals surface area contributed by atoms with Gasteiger partial charge in [0.25, 0.3) is 0 Å². The Bertz CT molecular complexity index is 1290. The summed E-state index contributed by atoms with van der Waals surface area (Å²) < 4.78 is 33.7. The normalized spacial score (nSPS) is 25.2. The molecule has 0 bridgehead atoms. The van der Waals surface area contributed by atoms with Crippen molar-refractivity contribution in [3.05, 3.63) is 12.2 Å². The van der Waals surface area contributed by atoms with E-state index in [1.807, 2.05) is 0 Å². The lowest BCUT2D eigenvalue weighted by Gasteiger charge is -2.42. The molecule has 11 atom stereocenters. The average molecular weight is 1020 g/mol. The van der Waals surface area contributed by atoms with Crippen LogP contribution in [0.1, 0.15) is 239 Å². The molecule has 418 valence electrons. The quantitative estimate of drug-likeness (QED) is 0.0171. The number of hydrogen-bond donors (Lipinski definition) is 7. The highest BCUT2D eigenvalue weighted by Gasteiger charge is 2.47. The average Bonchev–Trinajstić information content (AvgIpc) is 3.36. The first-order valence-electron chi connectivity index (χ1n) is 28.8. The van der Waals surface area contributed by atoms with Crippen LogP contribution in [0.3, 0.4) is 0 Å². The molecule has 0 spiro atoms. The van der Waals surface area contributed by atoms with Crippen LogP contribution in [0.2, 0.25) is 0 Å². The SMILES string of the molecule is CCCC/C=C/CCCCCCCCCCCC(=O)OC[C@H](CO[C@H]1O[C@@H](CO[C@H]2O[C@@H](CO)[C@@H](O)C(O)C2O)[C@@H](O)C(O)C1O)OC(=O)CCCCCCCCCCCCCCCCCCCCCC. The molecule has 0 saturated carbocycles. The Morgan fingerprint density at radius 3 is 1.28 bits per heavy atom. The van der Waals surface area contributed by atoms with E-state index in [2.05, 4.69) is 26.0 Å². The van der Waals surface area contributed by atoms with Crippen LogP contribution >= 0.6 is 0 Å². The van der Waals surface area contributed by atoms with Crippen LogP contribution in [0.5, 0.6) is 0 Å². The van der Waals surface area contributed by atoms with Crippen molar-refractivity contribution in [2.45, 2.75) is 306 Å². The molecule has 0 aliphatic carbocycles. The fourth-order valence-corrected chi connectivity index (χ4v) is 9.26. The molecule has 15 heteroatoms. The van der Waals surface area contributed by atoms with Gasteiger partial charge >= 0.3 is 11.9 Å². The third-order valence-electron chi connectivity index (χ3n) is 14.0. The summed E-state index contributed by atoms with van der Waals surface area (Å²) in [5.74, 6) is -0.913. The Hall–Kier alpha value is -1.76. The second-order valence-electron chi connectivity index (χ2n) is 20.5. The van der Waals surface area contributed by atoms with E-state index < -0.39 is 92.7 Å². The fraction of sp³-hybridized carbons (Fsp3) is 0.929. The van der Waals surface area contributed by atoms with Gasteiger partial charge in [-0.1, -0.05) is 206 Å². The van der Waals surface area contributed by atoms with Gasteiger partial charge in [-0.3, -0.25) is 9.59 Å². The number of aliphatic hydroxyl groups excluding tert-OH is 7. The molecular weight excluding hydrogens is 913 g/mol. The maximum Gasteiger partial charge on any atom is 0.306 e. The van der Waals surface area contributed by atoms with E-state index in [1.54, 1.807) is 0 Å². The first-order valence-corrected chi connectivity index (χ1v) is 28.8. The monoisotopic (exact) mass is 1020 g/mol. The third kappa shape index (κ3) is 31.0. The van der Waals surface area contributed by atoms with Crippen LogP contribution in [-0.2, 0) is 38.0 Å². The van der Waals surface area contributed by atoms with E-state index in [0.717, 1.165) is 38.5 Å². The fourth-order valence-electron chi connectivity index (χ4n) is 9.26. The third-order valence-corrected chi connectivity index (χ3v) is 14.0. The summed E-state index contributed by atoms with van der Waals surface area (Å²) in [7, 11) is 0. The second-order valence-corrected chi connectivity index (χ2v) is 20.5. The first-order chi connectivity index (χ1) is 34.5. The van der Waals surface area contributed by atoms with E-state index in [9.17, 15) is 45.3 Å². The second kappa shape index (κ2) is 43.5. The largest absolute Gasteiger partial charge is 0.462 e. The van der Waals surface area contributed by atoms with E-state index >= 15 is 0 Å². The predicted molar refractivity (Wildman–Crippen MR) is 275 cm³/mol. The number of rotatable bonds is 46. The minimum Gasteiger partial charge on any atom is -0.462 e. The van der Waals surface area contributed by atoms with Crippen molar-refractivity contribution < 1.29 is 73.8 Å². The van der Waals surface area contributed by atoms with Gasteiger partial charge in [0.1, 0.15) is 55.4 Å². The van der Waals surface area contributed by atoms with Crippen molar-refractivity contribution in [2.24, 2.45) is 0 Å². The van der Waals surface area contributed by atoms with Crippen molar-refractivity contribution in [1.82, 2.24) is 0 Å². The zero-order valence-corrected chi connectivity index (χ0v) is 44.5. The molecule has 7 N–H and O–H groups in total. The number of esters is 2. The van der Waals surface area contributed by atoms with Crippen molar-refractivity contribution in [3.63, 3.8) is 0 Å². The van der Waals surface area contributed by atoms with E-state index in [4.69, 9.17) is 28.4 Å². The molecule has 0 aromatic carbocycles. The summed E-state index contributed by atoms with van der Waals surface area (Å²) in [5.41, 5.74) is 0. The number of carbonyl (C=O) groups excluding carboxylic acids is 2. The van der Waals surface area contributed by atoms with Gasteiger partial charge in [-0.05, 0) is 32.1 Å². The van der Waals surface area contributed by atoms with Crippen molar-refractivity contribution >= 4 is 11.9 Å². The van der Waals surface area contributed by atoms with E-state index in [-0.39, 0.29) is 26.1 Å². The van der Waals surface area contributed by atoms with Crippen LogP contribution in [0.25, 0.3) is 0 Å². The summed E-state index contributed by atoms with van der Waals surface area (Å²) in [6.07, 6.45) is 28.0. The summed E-state index contributed by atoms with van der Waals surface area (Å²) in [5, 5.41) is 72.2. The number of allylic oxidation sites excluding steroid dienone is 2. The molecule has 0 amide bonds. The molecule has 0 aromatic heterocycles. The minimum absolute atomic E-state index is 0.171. The smallest absolute Gasteiger partial charge is 0.306 e. The molecule has 0 radical (unpaired) electrons. The van der Waals surface area contributed by atoms with Crippen molar-refractivity contribution in [1.29, 1.82) is 0 Å². The molecule has 2 aliphatic rings. The number of unbranched alkanes of at least 4 members (excludes halogenated alkanes) is 30. The number of ether oxygens (including phenoxy) is 6. The summed E-state index contributed by atoms with van der Waals surface area (Å²) in [4.78, 5) is 25.9. The molecule has 0 aromatic rings. The van der Waals surface area contributed by atoms with Crippen LogP contribution in [0.4, 0.5) is 0 Å². The lowest BCUT2D eigenvalue weighted by molar-refractivity contribution is -0.332. The molecular formula is C56H104O15. The number of hydrogen-bond acceptors (Lipinski definition) is 15. The summed E-state index contributed by atoms with van der Waals surface area (Å²) in [6.45, 7) is 2.61. The molecule has 2 aliphatic heterocycles. The lowest BCUT2D eigenvalue weighted by atomic mass is 9.98. The van der Waals surface area contributed by atoms with Crippen LogP contribution in [0, 0.1) is 0 Å². The standard InChI is InChI=1S/C56H104O15/c1-3-5-7-9-11-13-15-17-19-20-21-22-23-25-27-29-31-33-35-37-39-48(59)69-44(41-66-47(58)38-36-34-32-30-28-26-24-18-16-14-12-10-8-6-4-2)42-67-55-54(65)52(63)50(61)46(71-55)43-68-56-53(64)51(62)49(60)45(40-57)70-56/h10,12,44-46,49-57,60-65H,3-9,11,13-43H2,1-2H3/b12-10+/t44-,45+,46+,49-,50-,51?,52?,53?,54?,55+,56+/m1/s1. The minimum atomic E-state index is -1.76. The van der Waals surface area contributed by atoms with E-state index in [1.165, 1.54) is 161 Å². The van der Waals surface area contributed by atoms with Crippen LogP contribution < -0.4 is 0 Å². The molecule has 2 rings (SSSR count). The van der Waals surface area contributed by atoms with Crippen molar-refractivity contribution in [3.8, 4) is 0 Å². The lowest BCUT2D eigenvalue weighted by Crippen LogP contribution is -2.61. The zero-order valence-electron chi connectivity index (χ0n) is 44.5. The molecule has 2 heterocycles. The van der Waals surface area contributed by atoms with E-state index in [0.29, 0.717) is 12.8 Å². The molecule has 15 nitrogen and oxygen atoms in total. The highest BCUT2D eigenvalue weighted by molar-refractivity contribution is 5.70. The molecule has 2 saturated heterocycles. The van der Waals surface area contributed by atoms with Gasteiger partial charge in [0, 0.05) is 12.8 Å². The maximum atomic E-state index is 13.1. The molecule has 4 unspecified atom stereocenters. The van der Waals surface area contributed by atoms with Gasteiger partial charge < -0.3 is 64.2 Å². The van der Waals surface area contributed by atoms with Gasteiger partial charge in [0.2, 0.25) is 0 Å². The molecule has 2 fully saturated rings. The highest BCUT2D eigenvalue weighted by atomic mass is 16.7. The number of carbonyl (C=O) groups is 2. The van der Waals surface area contributed by atoms with Crippen molar-refractivity contribution in [2.75, 3.05) is 26.4 Å².